The van der Waals surface area contributed by atoms with E-state index in [1.54, 1.807) is 18.2 Å². The molecule has 3 rings (SSSR count). The Labute approximate surface area is 151 Å². The maximum Gasteiger partial charge on any atom is 0.134 e. The maximum atomic E-state index is 14.5. The number of nitrogens with zero attached hydrogens (tertiary/aromatic N) is 1. The van der Waals surface area contributed by atoms with Gasteiger partial charge in [0.2, 0.25) is 0 Å². The van der Waals surface area contributed by atoms with Gasteiger partial charge in [0, 0.05) is 5.56 Å². The summed E-state index contributed by atoms with van der Waals surface area (Å²) in [5.74, 6) is 0.102. The molecule has 0 spiro atoms. The molecule has 1 aliphatic rings. The summed E-state index contributed by atoms with van der Waals surface area (Å²) in [5.41, 5.74) is 2.80. The molecule has 1 aromatic heterocycles. The van der Waals surface area contributed by atoms with Crippen LogP contribution in [0.4, 0.5) is 4.39 Å². The van der Waals surface area contributed by atoms with Crippen molar-refractivity contribution in [3.8, 4) is 11.1 Å². The molecule has 24 heavy (non-hydrogen) atoms. The fourth-order valence-corrected chi connectivity index (χ4v) is 3.52. The quantitative estimate of drug-likeness (QED) is 0.687. The van der Waals surface area contributed by atoms with Crippen LogP contribution in [0.3, 0.4) is 0 Å². The van der Waals surface area contributed by atoms with E-state index in [1.807, 2.05) is 13.0 Å². The Kier molecular flexibility index (Phi) is 5.43. The van der Waals surface area contributed by atoms with E-state index in [2.05, 4.69) is 4.98 Å². The lowest BCUT2D eigenvalue weighted by Crippen LogP contribution is -2.11. The summed E-state index contributed by atoms with van der Waals surface area (Å²) in [5, 5.41) is 10.6. The van der Waals surface area contributed by atoms with Gasteiger partial charge in [-0.15, -0.1) is 0 Å². The molecule has 1 saturated carbocycles. The second kappa shape index (κ2) is 7.38. The first-order chi connectivity index (χ1) is 11.5. The van der Waals surface area contributed by atoms with Gasteiger partial charge in [0.15, 0.2) is 0 Å². The Morgan fingerprint density at radius 2 is 2.00 bits per heavy atom. The Hall–Kier alpha value is -1.16. The van der Waals surface area contributed by atoms with Crippen LogP contribution in [0.2, 0.25) is 10.3 Å². The van der Waals surface area contributed by atoms with Crippen LogP contribution < -0.4 is 0 Å². The fourth-order valence-electron chi connectivity index (χ4n) is 2.99. The number of halogens is 3. The van der Waals surface area contributed by atoms with Crippen molar-refractivity contribution in [3.63, 3.8) is 0 Å². The lowest BCUT2D eigenvalue weighted by molar-refractivity contribution is 0.142. The van der Waals surface area contributed by atoms with Crippen molar-refractivity contribution < 1.29 is 9.50 Å². The van der Waals surface area contributed by atoms with E-state index in [9.17, 15) is 9.50 Å². The number of hydrogen-bond acceptors (Lipinski definition) is 2. The summed E-state index contributed by atoms with van der Waals surface area (Å²) in [7, 11) is 0. The van der Waals surface area contributed by atoms with Crippen LogP contribution in [0.1, 0.15) is 37.3 Å². The summed E-state index contributed by atoms with van der Waals surface area (Å²) in [6.07, 6.45) is 3.73. The molecule has 2 nitrogen and oxygen atoms in total. The van der Waals surface area contributed by atoms with Crippen molar-refractivity contribution in [2.75, 3.05) is 0 Å². The predicted molar refractivity (Wildman–Crippen MR) is 96.1 cm³/mol. The van der Waals surface area contributed by atoms with Crippen LogP contribution in [-0.2, 0) is 12.8 Å². The average molecular weight is 368 g/mol. The highest BCUT2D eigenvalue weighted by molar-refractivity contribution is 6.33. The van der Waals surface area contributed by atoms with Crippen molar-refractivity contribution in [2.45, 2.75) is 45.1 Å². The minimum Gasteiger partial charge on any atom is -0.393 e. The minimum atomic E-state index is -0.336. The topological polar surface area (TPSA) is 33.1 Å². The zero-order valence-corrected chi connectivity index (χ0v) is 15.0. The first kappa shape index (κ1) is 17.7. The van der Waals surface area contributed by atoms with Gasteiger partial charge in [0.1, 0.15) is 16.1 Å². The van der Waals surface area contributed by atoms with Gasteiger partial charge in [0.25, 0.3) is 0 Å². The van der Waals surface area contributed by atoms with E-state index in [0.29, 0.717) is 29.9 Å². The number of hydrogen-bond donors (Lipinski definition) is 1. The van der Waals surface area contributed by atoms with Crippen molar-refractivity contribution in [1.29, 1.82) is 0 Å². The highest BCUT2D eigenvalue weighted by Crippen LogP contribution is 2.37. The maximum absolute atomic E-state index is 14.5. The number of pyridine rings is 1. The molecule has 1 N–H and O–H groups in total. The van der Waals surface area contributed by atoms with E-state index in [1.165, 1.54) is 0 Å². The number of aromatic nitrogens is 1. The van der Waals surface area contributed by atoms with Crippen LogP contribution in [0.15, 0.2) is 24.3 Å². The lowest BCUT2D eigenvalue weighted by atomic mass is 9.95. The number of benzene rings is 1. The van der Waals surface area contributed by atoms with E-state index in [0.717, 1.165) is 30.4 Å². The second-order valence-corrected chi connectivity index (χ2v) is 7.12. The van der Waals surface area contributed by atoms with E-state index < -0.39 is 0 Å². The molecule has 0 saturated heterocycles. The van der Waals surface area contributed by atoms with Crippen LogP contribution in [0.5, 0.6) is 0 Å². The summed E-state index contributed by atoms with van der Waals surface area (Å²) in [6.45, 7) is 1.99. The Morgan fingerprint density at radius 3 is 2.62 bits per heavy atom. The standard InChI is InChI=1S/C19H20Cl2FNO/c1-2-11-3-6-13(16(22)9-11)15-10-18(20)23-19(21)14(15)7-8-17(24)12-4-5-12/h3,6,9-10,12,17,24H,2,4-5,7-8H2,1H3. The SMILES string of the molecule is CCc1ccc(-c2cc(Cl)nc(Cl)c2CCC(O)C2CC2)c(F)c1. The summed E-state index contributed by atoms with van der Waals surface area (Å²) in [4.78, 5) is 4.09. The summed E-state index contributed by atoms with van der Waals surface area (Å²) >= 11 is 12.3. The molecule has 0 radical (unpaired) electrons. The van der Waals surface area contributed by atoms with Crippen LogP contribution in [0, 0.1) is 11.7 Å². The fraction of sp³-hybridized carbons (Fsp3) is 0.421. The third-order valence-electron chi connectivity index (χ3n) is 4.63. The summed E-state index contributed by atoms with van der Waals surface area (Å²) in [6, 6.07) is 6.86. The zero-order valence-electron chi connectivity index (χ0n) is 13.5. The Morgan fingerprint density at radius 1 is 1.25 bits per heavy atom. The summed E-state index contributed by atoms with van der Waals surface area (Å²) < 4.78 is 14.5. The van der Waals surface area contributed by atoms with E-state index in [-0.39, 0.29) is 22.2 Å². The molecule has 1 atom stereocenters. The molecule has 0 bridgehead atoms. The van der Waals surface area contributed by atoms with Gasteiger partial charge in [-0.05, 0) is 66.8 Å². The average Bonchev–Trinajstić information content (AvgIpc) is 3.38. The molecule has 2 aromatic rings. The minimum absolute atomic E-state index is 0.237. The van der Waals surface area contributed by atoms with Crippen molar-refractivity contribution >= 4 is 23.2 Å². The molecule has 1 aromatic carbocycles. The van der Waals surface area contributed by atoms with Gasteiger partial charge < -0.3 is 5.11 Å². The van der Waals surface area contributed by atoms with Gasteiger partial charge >= 0.3 is 0 Å². The van der Waals surface area contributed by atoms with Crippen LogP contribution in [-0.4, -0.2) is 16.2 Å². The third-order valence-corrected chi connectivity index (χ3v) is 5.14. The lowest BCUT2D eigenvalue weighted by Gasteiger charge is -2.15. The van der Waals surface area contributed by atoms with Crippen molar-refractivity contribution in [2.24, 2.45) is 5.92 Å². The molecular weight excluding hydrogens is 348 g/mol. The third kappa shape index (κ3) is 3.90. The number of aryl methyl sites for hydroxylation is 1. The highest BCUT2D eigenvalue weighted by Gasteiger charge is 2.29. The number of rotatable bonds is 6. The number of aliphatic hydroxyl groups is 1. The van der Waals surface area contributed by atoms with Gasteiger partial charge in [0.05, 0.1) is 6.10 Å². The number of aliphatic hydroxyl groups excluding tert-OH is 1. The zero-order chi connectivity index (χ0) is 17.3. The largest absolute Gasteiger partial charge is 0.393 e. The highest BCUT2D eigenvalue weighted by atomic mass is 35.5. The molecule has 1 heterocycles. The molecule has 1 unspecified atom stereocenters. The van der Waals surface area contributed by atoms with Gasteiger partial charge in [-0.2, -0.15) is 0 Å². The van der Waals surface area contributed by atoms with Crippen molar-refractivity contribution in [3.05, 3.63) is 51.5 Å². The Balaban J connectivity index is 1.96. The molecule has 0 aliphatic heterocycles. The van der Waals surface area contributed by atoms with E-state index in [4.69, 9.17) is 23.2 Å². The Bertz CT molecular complexity index is 746. The molecule has 128 valence electrons. The van der Waals surface area contributed by atoms with Gasteiger partial charge in [-0.1, -0.05) is 42.3 Å². The molecule has 0 amide bonds. The van der Waals surface area contributed by atoms with Gasteiger partial charge in [-0.3, -0.25) is 0 Å². The monoisotopic (exact) mass is 367 g/mol. The normalized spacial score (nSPS) is 15.5. The van der Waals surface area contributed by atoms with Crippen molar-refractivity contribution in [1.82, 2.24) is 4.98 Å². The smallest absolute Gasteiger partial charge is 0.134 e. The molecule has 1 aliphatic carbocycles. The second-order valence-electron chi connectivity index (χ2n) is 6.37. The van der Waals surface area contributed by atoms with Crippen LogP contribution >= 0.6 is 23.2 Å². The van der Waals surface area contributed by atoms with Crippen LogP contribution in [0.25, 0.3) is 11.1 Å². The first-order valence-corrected chi connectivity index (χ1v) is 9.07. The predicted octanol–water partition coefficient (Wildman–Crippen LogP) is 5.46. The van der Waals surface area contributed by atoms with E-state index >= 15 is 0 Å². The molecule has 1 fully saturated rings. The molecule has 5 heteroatoms. The van der Waals surface area contributed by atoms with Gasteiger partial charge in [-0.25, -0.2) is 9.37 Å². The molecular formula is C19H20Cl2FNO. The first-order valence-electron chi connectivity index (χ1n) is 8.31.